The summed E-state index contributed by atoms with van der Waals surface area (Å²) >= 11 is 0. The lowest BCUT2D eigenvalue weighted by molar-refractivity contribution is -0.122. The van der Waals surface area contributed by atoms with E-state index in [9.17, 15) is 22.8 Å². The van der Waals surface area contributed by atoms with E-state index in [0.717, 1.165) is 17.5 Å². The Morgan fingerprint density at radius 1 is 0.969 bits per heavy atom. The molecule has 3 aromatic rings. The van der Waals surface area contributed by atoms with Crippen LogP contribution in [-0.2, 0) is 21.4 Å². The smallest absolute Gasteiger partial charge is 0.271 e. The van der Waals surface area contributed by atoms with Crippen LogP contribution in [0.25, 0.3) is 10.8 Å². The van der Waals surface area contributed by atoms with Crippen molar-refractivity contribution < 1.29 is 18.0 Å². The third-order valence-electron chi connectivity index (χ3n) is 5.19. The van der Waals surface area contributed by atoms with Crippen molar-refractivity contribution in [1.82, 2.24) is 24.9 Å². The summed E-state index contributed by atoms with van der Waals surface area (Å²) in [6.45, 7) is 0.606. The maximum Gasteiger partial charge on any atom is 0.275 e. The van der Waals surface area contributed by atoms with Crippen molar-refractivity contribution in [1.29, 1.82) is 0 Å². The van der Waals surface area contributed by atoms with Gasteiger partial charge in [0.15, 0.2) is 0 Å². The van der Waals surface area contributed by atoms with E-state index in [2.05, 4.69) is 16.0 Å². The molecule has 0 atom stereocenters. The van der Waals surface area contributed by atoms with E-state index in [1.807, 2.05) is 0 Å². The summed E-state index contributed by atoms with van der Waals surface area (Å²) in [6, 6.07) is 12.4. The number of sulfonamides is 1. The number of amides is 2. The highest BCUT2D eigenvalue weighted by Crippen LogP contribution is 2.21. The van der Waals surface area contributed by atoms with Crippen LogP contribution in [-0.4, -0.2) is 47.4 Å². The first-order valence-corrected chi connectivity index (χ1v) is 11.4. The third kappa shape index (κ3) is 4.39. The molecular formula is C21H21N5O5S. The van der Waals surface area contributed by atoms with Crippen LogP contribution in [0, 0.1) is 0 Å². The van der Waals surface area contributed by atoms with Gasteiger partial charge < -0.3 is 0 Å². The number of benzene rings is 2. The lowest BCUT2D eigenvalue weighted by Gasteiger charge is -2.15. The van der Waals surface area contributed by atoms with E-state index in [0.29, 0.717) is 23.9 Å². The second-order valence-corrected chi connectivity index (χ2v) is 9.27. The summed E-state index contributed by atoms with van der Waals surface area (Å²) in [4.78, 5) is 37.0. The van der Waals surface area contributed by atoms with Gasteiger partial charge in [0.05, 0.1) is 16.5 Å². The molecule has 0 radical (unpaired) electrons. The molecule has 1 saturated heterocycles. The monoisotopic (exact) mass is 455 g/mol. The Kier molecular flexibility index (Phi) is 6.01. The quantitative estimate of drug-likeness (QED) is 0.543. The molecule has 2 heterocycles. The minimum atomic E-state index is -3.57. The van der Waals surface area contributed by atoms with Crippen molar-refractivity contribution in [3.8, 4) is 0 Å². The number of fused-ring (bicyclic) bond motifs is 1. The molecule has 4 rings (SSSR count). The predicted octanol–water partition coefficient (Wildman–Crippen LogP) is 0.642. The molecule has 2 N–H and O–H groups in total. The molecule has 2 aromatic carbocycles. The summed E-state index contributed by atoms with van der Waals surface area (Å²) in [5, 5.41) is 5.06. The van der Waals surface area contributed by atoms with Crippen LogP contribution >= 0.6 is 0 Å². The highest BCUT2D eigenvalue weighted by molar-refractivity contribution is 7.89. The summed E-state index contributed by atoms with van der Waals surface area (Å²) in [6.07, 6.45) is 3.15. The molecule has 10 nitrogen and oxygen atoms in total. The molecule has 1 aliphatic rings. The molecule has 32 heavy (non-hydrogen) atoms. The zero-order valence-electron chi connectivity index (χ0n) is 17.0. The topological polar surface area (TPSA) is 130 Å². The SMILES string of the molecule is O=C(Cn1ncc2ccccc2c1=O)NNC(=O)c1ccc(S(=O)(=O)N2CCCC2)cc1. The van der Waals surface area contributed by atoms with Gasteiger partial charge in [0.25, 0.3) is 17.4 Å². The number of hydrogen-bond donors (Lipinski definition) is 2. The molecule has 0 saturated carbocycles. The van der Waals surface area contributed by atoms with E-state index in [1.165, 1.54) is 34.8 Å². The Morgan fingerprint density at radius 2 is 1.66 bits per heavy atom. The average molecular weight is 455 g/mol. The van der Waals surface area contributed by atoms with Gasteiger partial charge in [0.1, 0.15) is 6.54 Å². The Balaban J connectivity index is 1.37. The fraction of sp³-hybridized carbons (Fsp3) is 0.238. The van der Waals surface area contributed by atoms with E-state index in [1.54, 1.807) is 24.3 Å². The van der Waals surface area contributed by atoms with Crippen LogP contribution < -0.4 is 16.4 Å². The van der Waals surface area contributed by atoms with Crippen molar-refractivity contribution in [2.45, 2.75) is 24.3 Å². The Hall–Kier alpha value is -3.57. The van der Waals surface area contributed by atoms with Gasteiger partial charge >= 0.3 is 0 Å². The van der Waals surface area contributed by atoms with Crippen molar-refractivity contribution in [2.24, 2.45) is 0 Å². The molecule has 1 aliphatic heterocycles. The van der Waals surface area contributed by atoms with Gasteiger partial charge in [0.2, 0.25) is 10.0 Å². The Bertz CT molecular complexity index is 1330. The molecule has 0 bridgehead atoms. The maximum atomic E-state index is 12.5. The van der Waals surface area contributed by atoms with Crippen LogP contribution in [0.4, 0.5) is 0 Å². The molecule has 1 aromatic heterocycles. The summed E-state index contributed by atoms with van der Waals surface area (Å²) in [5.41, 5.74) is 4.23. The van der Waals surface area contributed by atoms with Crippen molar-refractivity contribution in [2.75, 3.05) is 13.1 Å². The number of carbonyl (C=O) groups excluding carboxylic acids is 2. The van der Waals surface area contributed by atoms with Crippen molar-refractivity contribution >= 4 is 32.6 Å². The second kappa shape index (κ2) is 8.89. The number of nitrogens with one attached hydrogen (secondary N) is 2. The first kappa shape index (κ1) is 21.7. The number of nitrogens with zero attached hydrogens (tertiary/aromatic N) is 3. The fourth-order valence-corrected chi connectivity index (χ4v) is 4.99. The minimum absolute atomic E-state index is 0.113. The lowest BCUT2D eigenvalue weighted by Crippen LogP contribution is -2.44. The molecule has 0 unspecified atom stereocenters. The van der Waals surface area contributed by atoms with Crippen LogP contribution in [0.1, 0.15) is 23.2 Å². The first-order valence-electron chi connectivity index (χ1n) is 10.0. The van der Waals surface area contributed by atoms with Gasteiger partial charge in [-0.2, -0.15) is 9.40 Å². The number of aromatic nitrogens is 2. The first-order chi connectivity index (χ1) is 15.4. The maximum absolute atomic E-state index is 12.5. The van der Waals surface area contributed by atoms with Crippen LogP contribution in [0.15, 0.2) is 64.4 Å². The molecule has 1 fully saturated rings. The van der Waals surface area contributed by atoms with Gasteiger partial charge in [-0.15, -0.1) is 0 Å². The number of hydrogen-bond acceptors (Lipinski definition) is 6. The zero-order valence-corrected chi connectivity index (χ0v) is 17.8. The van der Waals surface area contributed by atoms with Crippen LogP contribution in [0.2, 0.25) is 0 Å². The fourth-order valence-electron chi connectivity index (χ4n) is 3.47. The van der Waals surface area contributed by atoms with Gasteiger partial charge in [-0.25, -0.2) is 13.1 Å². The van der Waals surface area contributed by atoms with E-state index >= 15 is 0 Å². The van der Waals surface area contributed by atoms with E-state index < -0.39 is 27.4 Å². The van der Waals surface area contributed by atoms with Crippen molar-refractivity contribution in [3.63, 3.8) is 0 Å². The number of rotatable bonds is 5. The number of carbonyl (C=O) groups is 2. The average Bonchev–Trinajstić information content (AvgIpc) is 3.36. The van der Waals surface area contributed by atoms with Crippen LogP contribution in [0.3, 0.4) is 0 Å². The van der Waals surface area contributed by atoms with Gasteiger partial charge in [-0.1, -0.05) is 18.2 Å². The molecule has 0 spiro atoms. The Morgan fingerprint density at radius 3 is 2.38 bits per heavy atom. The van der Waals surface area contributed by atoms with Gasteiger partial charge in [-0.3, -0.25) is 25.2 Å². The molecule has 0 aliphatic carbocycles. The minimum Gasteiger partial charge on any atom is -0.271 e. The van der Waals surface area contributed by atoms with Crippen molar-refractivity contribution in [3.05, 3.63) is 70.6 Å². The number of hydrazine groups is 1. The predicted molar refractivity (Wildman–Crippen MR) is 116 cm³/mol. The molecule has 2 amide bonds. The largest absolute Gasteiger partial charge is 0.275 e. The zero-order chi connectivity index (χ0) is 22.7. The summed E-state index contributed by atoms with van der Waals surface area (Å²) < 4.78 is 27.5. The highest BCUT2D eigenvalue weighted by atomic mass is 32.2. The second-order valence-electron chi connectivity index (χ2n) is 7.33. The normalized spacial score (nSPS) is 14.4. The molecule has 166 valence electrons. The molecule has 11 heteroatoms. The van der Waals surface area contributed by atoms with E-state index in [4.69, 9.17) is 0 Å². The van der Waals surface area contributed by atoms with Crippen LogP contribution in [0.5, 0.6) is 0 Å². The standard InChI is InChI=1S/C21H21N5O5S/c27-19(14-26-21(29)18-6-2-1-5-16(18)13-22-26)23-24-20(28)15-7-9-17(10-8-15)32(30,31)25-11-3-4-12-25/h1-2,5-10,13H,3-4,11-12,14H2,(H,23,27)(H,24,28). The van der Waals surface area contributed by atoms with Gasteiger partial charge in [-0.05, 0) is 43.2 Å². The van der Waals surface area contributed by atoms with Gasteiger partial charge in [0, 0.05) is 24.0 Å². The molecular weight excluding hydrogens is 434 g/mol. The lowest BCUT2D eigenvalue weighted by atomic mass is 10.2. The summed E-state index contributed by atoms with van der Waals surface area (Å²) in [7, 11) is -3.57. The Labute approximate surface area is 183 Å². The van der Waals surface area contributed by atoms with E-state index in [-0.39, 0.29) is 17.0 Å². The summed E-state index contributed by atoms with van der Waals surface area (Å²) in [5.74, 6) is -1.27. The highest BCUT2D eigenvalue weighted by Gasteiger charge is 2.27. The third-order valence-corrected chi connectivity index (χ3v) is 7.10.